The first-order chi connectivity index (χ1) is 8.42. The number of nitrogens with one attached hydrogen (secondary N) is 1. The molecule has 2 unspecified atom stereocenters. The minimum absolute atomic E-state index is 0.820. The first kappa shape index (κ1) is 13.7. The van der Waals surface area contributed by atoms with Crippen LogP contribution in [0.4, 0.5) is 0 Å². The molecule has 2 heteroatoms. The van der Waals surface area contributed by atoms with Crippen molar-refractivity contribution in [1.29, 1.82) is 0 Å². The summed E-state index contributed by atoms with van der Waals surface area (Å²) in [6, 6.07) is 0.820. The third-order valence-electron chi connectivity index (χ3n) is 4.40. The quantitative estimate of drug-likeness (QED) is 0.738. The van der Waals surface area contributed by atoms with Crippen LogP contribution >= 0.6 is 11.8 Å². The van der Waals surface area contributed by atoms with E-state index in [-0.39, 0.29) is 0 Å². The van der Waals surface area contributed by atoms with Gasteiger partial charge in [0.1, 0.15) is 0 Å². The molecule has 1 aliphatic heterocycles. The fourth-order valence-corrected chi connectivity index (χ4v) is 4.96. The highest BCUT2D eigenvalue weighted by Crippen LogP contribution is 2.36. The lowest BCUT2D eigenvalue weighted by Crippen LogP contribution is -2.43. The van der Waals surface area contributed by atoms with E-state index in [1.54, 1.807) is 0 Å². The minimum atomic E-state index is 0.820. The monoisotopic (exact) mass is 255 g/mol. The Morgan fingerprint density at radius 2 is 1.82 bits per heavy atom. The highest BCUT2D eigenvalue weighted by molar-refractivity contribution is 8.00. The summed E-state index contributed by atoms with van der Waals surface area (Å²) in [6.07, 6.45) is 13.1. The van der Waals surface area contributed by atoms with Crippen molar-refractivity contribution in [2.75, 3.05) is 12.3 Å². The van der Waals surface area contributed by atoms with Crippen LogP contribution in [0.3, 0.4) is 0 Å². The van der Waals surface area contributed by atoms with Gasteiger partial charge < -0.3 is 5.32 Å². The van der Waals surface area contributed by atoms with Crippen LogP contribution in [-0.4, -0.2) is 23.6 Å². The molecule has 1 saturated heterocycles. The van der Waals surface area contributed by atoms with Crippen molar-refractivity contribution in [3.63, 3.8) is 0 Å². The highest BCUT2D eigenvalue weighted by atomic mass is 32.2. The standard InChI is InChI=1S/C15H29NS/c1-2-11-16-15(14-10-7-12-17-14)13-8-5-3-4-6-9-13/h13-16H,2-12H2,1H3. The molecule has 1 N–H and O–H groups in total. The van der Waals surface area contributed by atoms with Gasteiger partial charge in [-0.15, -0.1) is 0 Å². The molecule has 0 radical (unpaired) electrons. The summed E-state index contributed by atoms with van der Waals surface area (Å²) in [7, 11) is 0. The average Bonchev–Trinajstić information content (AvgIpc) is 2.73. The van der Waals surface area contributed by atoms with Crippen LogP contribution in [0.1, 0.15) is 64.7 Å². The lowest BCUT2D eigenvalue weighted by Gasteiger charge is -2.32. The Labute approximate surface area is 112 Å². The van der Waals surface area contributed by atoms with E-state index >= 15 is 0 Å². The van der Waals surface area contributed by atoms with Crippen LogP contribution in [0.5, 0.6) is 0 Å². The molecular weight excluding hydrogens is 226 g/mol. The molecule has 0 aromatic heterocycles. The molecule has 100 valence electrons. The minimum Gasteiger partial charge on any atom is -0.313 e. The second-order valence-electron chi connectivity index (χ2n) is 5.78. The van der Waals surface area contributed by atoms with Gasteiger partial charge in [-0.2, -0.15) is 11.8 Å². The summed E-state index contributed by atoms with van der Waals surface area (Å²) >= 11 is 2.24. The highest BCUT2D eigenvalue weighted by Gasteiger charge is 2.31. The van der Waals surface area contributed by atoms with Crippen LogP contribution in [0.25, 0.3) is 0 Å². The summed E-state index contributed by atoms with van der Waals surface area (Å²) in [5, 5.41) is 4.81. The third-order valence-corrected chi connectivity index (χ3v) is 5.88. The zero-order valence-electron chi connectivity index (χ0n) is 11.4. The number of thioether (sulfide) groups is 1. The summed E-state index contributed by atoms with van der Waals surface area (Å²) in [4.78, 5) is 0. The van der Waals surface area contributed by atoms with Crippen molar-refractivity contribution in [2.24, 2.45) is 5.92 Å². The second kappa shape index (κ2) is 7.68. The van der Waals surface area contributed by atoms with Gasteiger partial charge in [-0.25, -0.2) is 0 Å². The molecule has 1 saturated carbocycles. The van der Waals surface area contributed by atoms with Gasteiger partial charge in [0, 0.05) is 11.3 Å². The maximum absolute atomic E-state index is 3.89. The second-order valence-corrected chi connectivity index (χ2v) is 7.13. The lowest BCUT2D eigenvalue weighted by molar-refractivity contribution is 0.309. The summed E-state index contributed by atoms with van der Waals surface area (Å²) in [5.41, 5.74) is 0. The van der Waals surface area contributed by atoms with Gasteiger partial charge in [0.15, 0.2) is 0 Å². The average molecular weight is 255 g/mol. The van der Waals surface area contributed by atoms with Crippen LogP contribution in [0, 0.1) is 5.92 Å². The van der Waals surface area contributed by atoms with Gasteiger partial charge in [-0.05, 0) is 50.3 Å². The van der Waals surface area contributed by atoms with Crippen molar-refractivity contribution >= 4 is 11.8 Å². The van der Waals surface area contributed by atoms with Gasteiger partial charge in [0.25, 0.3) is 0 Å². The number of hydrogen-bond acceptors (Lipinski definition) is 2. The Kier molecular flexibility index (Phi) is 6.21. The summed E-state index contributed by atoms with van der Waals surface area (Å²) in [5.74, 6) is 2.38. The van der Waals surface area contributed by atoms with E-state index in [2.05, 4.69) is 24.0 Å². The smallest absolute Gasteiger partial charge is 0.0214 e. The molecule has 0 spiro atoms. The Morgan fingerprint density at radius 1 is 1.06 bits per heavy atom. The van der Waals surface area contributed by atoms with Crippen LogP contribution in [0.15, 0.2) is 0 Å². The third kappa shape index (κ3) is 4.17. The van der Waals surface area contributed by atoms with E-state index in [4.69, 9.17) is 0 Å². The van der Waals surface area contributed by atoms with Crippen molar-refractivity contribution < 1.29 is 0 Å². The van der Waals surface area contributed by atoms with Crippen LogP contribution in [0.2, 0.25) is 0 Å². The van der Waals surface area contributed by atoms with E-state index in [0.29, 0.717) is 0 Å². The summed E-state index contributed by atoms with van der Waals surface area (Å²) in [6.45, 7) is 3.51. The number of rotatable bonds is 5. The fourth-order valence-electron chi connectivity index (χ4n) is 3.47. The first-order valence-corrected chi connectivity index (χ1v) is 8.81. The Balaban J connectivity index is 1.91. The maximum Gasteiger partial charge on any atom is 0.0214 e. The number of hydrogen-bond donors (Lipinski definition) is 1. The molecule has 2 fully saturated rings. The molecule has 2 atom stereocenters. The van der Waals surface area contributed by atoms with E-state index in [1.165, 1.54) is 70.1 Å². The Hall–Kier alpha value is 0.310. The predicted octanol–water partition coefficient (Wildman–Crippen LogP) is 4.22. The van der Waals surface area contributed by atoms with Crippen molar-refractivity contribution in [2.45, 2.75) is 76.0 Å². The van der Waals surface area contributed by atoms with Crippen LogP contribution in [-0.2, 0) is 0 Å². The van der Waals surface area contributed by atoms with Crippen molar-refractivity contribution in [3.05, 3.63) is 0 Å². The molecule has 17 heavy (non-hydrogen) atoms. The summed E-state index contributed by atoms with van der Waals surface area (Å²) < 4.78 is 0. The molecule has 2 rings (SSSR count). The van der Waals surface area contributed by atoms with Gasteiger partial charge >= 0.3 is 0 Å². The molecule has 0 amide bonds. The Morgan fingerprint density at radius 3 is 2.41 bits per heavy atom. The molecule has 1 aliphatic carbocycles. The topological polar surface area (TPSA) is 12.0 Å². The van der Waals surface area contributed by atoms with E-state index in [0.717, 1.165) is 17.2 Å². The largest absolute Gasteiger partial charge is 0.313 e. The van der Waals surface area contributed by atoms with Gasteiger partial charge in [0.2, 0.25) is 0 Å². The van der Waals surface area contributed by atoms with Crippen molar-refractivity contribution in [1.82, 2.24) is 5.32 Å². The predicted molar refractivity (Wildman–Crippen MR) is 78.8 cm³/mol. The fraction of sp³-hybridized carbons (Fsp3) is 1.00. The van der Waals surface area contributed by atoms with Gasteiger partial charge in [0.05, 0.1) is 0 Å². The SMILES string of the molecule is CCCNC(C1CCCCCC1)C1CCCS1. The maximum atomic E-state index is 3.89. The normalized spacial score (nSPS) is 29.1. The Bertz CT molecular complexity index is 193. The molecule has 0 bridgehead atoms. The molecular formula is C15H29NS. The first-order valence-electron chi connectivity index (χ1n) is 7.77. The van der Waals surface area contributed by atoms with E-state index < -0.39 is 0 Å². The molecule has 0 aromatic carbocycles. The van der Waals surface area contributed by atoms with Gasteiger partial charge in [-0.3, -0.25) is 0 Å². The van der Waals surface area contributed by atoms with Crippen molar-refractivity contribution in [3.8, 4) is 0 Å². The van der Waals surface area contributed by atoms with E-state index in [1.807, 2.05) is 0 Å². The molecule has 2 aliphatic rings. The van der Waals surface area contributed by atoms with Crippen LogP contribution < -0.4 is 5.32 Å². The zero-order chi connectivity index (χ0) is 11.9. The van der Waals surface area contributed by atoms with E-state index in [9.17, 15) is 0 Å². The van der Waals surface area contributed by atoms with Gasteiger partial charge in [-0.1, -0.05) is 32.6 Å². The lowest BCUT2D eigenvalue weighted by atomic mass is 9.88. The molecule has 0 aromatic rings. The zero-order valence-corrected chi connectivity index (χ0v) is 12.2. The molecule has 1 nitrogen and oxygen atoms in total. The molecule has 1 heterocycles.